The molecule has 0 atom stereocenters. The van der Waals surface area contributed by atoms with Gasteiger partial charge in [0.05, 0.1) is 24.8 Å². The van der Waals surface area contributed by atoms with Crippen LogP contribution in [0.15, 0.2) is 22.7 Å². The average molecular weight is 274 g/mol. The third-order valence-corrected chi connectivity index (χ3v) is 2.84. The second-order valence-corrected chi connectivity index (χ2v) is 4.19. The fraction of sp³-hybridized carbons (Fsp3) is 0.300. The summed E-state index contributed by atoms with van der Waals surface area (Å²) in [5.74, 6) is -0.706. The first kappa shape index (κ1) is 10.6. The van der Waals surface area contributed by atoms with Crippen molar-refractivity contribution >= 4 is 21.8 Å². The molecule has 1 N–H and O–H groups in total. The minimum Gasteiger partial charge on any atom is -0.377 e. The summed E-state index contributed by atoms with van der Waals surface area (Å²) >= 11 is 3.20. The minimum atomic E-state index is -0.423. The first-order valence-corrected chi connectivity index (χ1v) is 5.30. The summed E-state index contributed by atoms with van der Waals surface area (Å²) < 4.78 is 18.4. The number of rotatable bonds is 2. The lowest BCUT2D eigenvalue weighted by atomic mass is 10.2. The van der Waals surface area contributed by atoms with E-state index in [1.54, 1.807) is 0 Å². The fourth-order valence-corrected chi connectivity index (χ4v) is 1.68. The van der Waals surface area contributed by atoms with Crippen LogP contribution in [0.1, 0.15) is 10.4 Å². The van der Waals surface area contributed by atoms with Gasteiger partial charge in [-0.2, -0.15) is 0 Å². The first-order chi connectivity index (χ1) is 7.16. The highest BCUT2D eigenvalue weighted by molar-refractivity contribution is 9.10. The summed E-state index contributed by atoms with van der Waals surface area (Å²) in [5, 5.41) is 2.74. The Balaban J connectivity index is 2.12. The van der Waals surface area contributed by atoms with Crippen LogP contribution in [0.4, 0.5) is 4.39 Å². The van der Waals surface area contributed by atoms with Crippen LogP contribution in [-0.2, 0) is 4.74 Å². The Morgan fingerprint density at radius 1 is 1.53 bits per heavy atom. The van der Waals surface area contributed by atoms with E-state index in [9.17, 15) is 9.18 Å². The van der Waals surface area contributed by atoms with Gasteiger partial charge in [-0.05, 0) is 34.1 Å². The van der Waals surface area contributed by atoms with Gasteiger partial charge in [-0.15, -0.1) is 0 Å². The highest BCUT2D eigenvalue weighted by Gasteiger charge is 2.22. The molecule has 80 valence electrons. The lowest BCUT2D eigenvalue weighted by molar-refractivity contribution is -0.00348. The molecular formula is C10H9BrFNO2. The fourth-order valence-electron chi connectivity index (χ4n) is 1.25. The Labute approximate surface area is 94.7 Å². The van der Waals surface area contributed by atoms with Crippen molar-refractivity contribution in [2.45, 2.75) is 6.04 Å². The van der Waals surface area contributed by atoms with Gasteiger partial charge < -0.3 is 10.1 Å². The number of nitrogens with one attached hydrogen (secondary N) is 1. The number of benzene rings is 1. The molecule has 0 bridgehead atoms. The Bertz CT molecular complexity index is 393. The molecule has 0 aromatic heterocycles. The van der Waals surface area contributed by atoms with Crippen LogP contribution in [-0.4, -0.2) is 25.2 Å². The van der Waals surface area contributed by atoms with Gasteiger partial charge in [-0.25, -0.2) is 4.39 Å². The molecule has 0 aliphatic carbocycles. The van der Waals surface area contributed by atoms with E-state index in [1.807, 2.05) is 0 Å². The van der Waals surface area contributed by atoms with Crippen molar-refractivity contribution in [2.75, 3.05) is 13.2 Å². The summed E-state index contributed by atoms with van der Waals surface area (Å²) in [7, 11) is 0. The van der Waals surface area contributed by atoms with E-state index in [0.29, 0.717) is 23.2 Å². The highest BCUT2D eigenvalue weighted by atomic mass is 79.9. The van der Waals surface area contributed by atoms with E-state index >= 15 is 0 Å². The molecule has 2 rings (SSSR count). The number of hydrogen-bond donors (Lipinski definition) is 1. The van der Waals surface area contributed by atoms with Crippen molar-refractivity contribution in [3.63, 3.8) is 0 Å². The second-order valence-electron chi connectivity index (χ2n) is 3.33. The van der Waals surface area contributed by atoms with E-state index in [4.69, 9.17) is 4.74 Å². The van der Waals surface area contributed by atoms with Crippen LogP contribution in [0.25, 0.3) is 0 Å². The standard InChI is InChI=1S/C10H9BrFNO2/c11-9-2-1-6(12)3-8(9)10(14)13-7-4-15-5-7/h1-3,7H,4-5H2,(H,13,14). The molecule has 1 aromatic rings. The predicted molar refractivity (Wildman–Crippen MR) is 56.2 cm³/mol. The van der Waals surface area contributed by atoms with Crippen molar-refractivity contribution in [3.8, 4) is 0 Å². The summed E-state index contributed by atoms with van der Waals surface area (Å²) in [6, 6.07) is 4.07. The zero-order valence-corrected chi connectivity index (χ0v) is 9.38. The third kappa shape index (κ3) is 2.35. The maximum absolute atomic E-state index is 12.9. The van der Waals surface area contributed by atoms with Gasteiger partial charge in [0.15, 0.2) is 0 Å². The van der Waals surface area contributed by atoms with Crippen molar-refractivity contribution in [1.29, 1.82) is 0 Å². The van der Waals surface area contributed by atoms with Crippen LogP contribution in [0.2, 0.25) is 0 Å². The van der Waals surface area contributed by atoms with Crippen LogP contribution in [0, 0.1) is 5.82 Å². The van der Waals surface area contributed by atoms with Gasteiger partial charge in [0.25, 0.3) is 5.91 Å². The minimum absolute atomic E-state index is 0.0488. The Morgan fingerprint density at radius 3 is 2.87 bits per heavy atom. The molecule has 5 heteroatoms. The number of carbonyl (C=O) groups is 1. The van der Waals surface area contributed by atoms with Gasteiger partial charge in [0.1, 0.15) is 5.82 Å². The van der Waals surface area contributed by atoms with Crippen LogP contribution < -0.4 is 5.32 Å². The average Bonchev–Trinajstić information content (AvgIpc) is 2.15. The zero-order chi connectivity index (χ0) is 10.8. The molecule has 0 spiro atoms. The van der Waals surface area contributed by atoms with Gasteiger partial charge in [-0.1, -0.05) is 0 Å². The molecule has 15 heavy (non-hydrogen) atoms. The number of hydrogen-bond acceptors (Lipinski definition) is 2. The van der Waals surface area contributed by atoms with Gasteiger partial charge in [0, 0.05) is 4.47 Å². The quantitative estimate of drug-likeness (QED) is 0.891. The highest BCUT2D eigenvalue weighted by Crippen LogP contribution is 2.18. The molecule has 0 radical (unpaired) electrons. The number of halogens is 2. The molecule has 0 unspecified atom stereocenters. The first-order valence-electron chi connectivity index (χ1n) is 4.50. The normalized spacial score (nSPS) is 15.9. The Hall–Kier alpha value is -0.940. The van der Waals surface area contributed by atoms with E-state index < -0.39 is 5.82 Å². The zero-order valence-electron chi connectivity index (χ0n) is 7.80. The molecule has 0 saturated carbocycles. The molecule has 1 fully saturated rings. The number of carbonyl (C=O) groups excluding carboxylic acids is 1. The summed E-state index contributed by atoms with van der Waals surface area (Å²) in [4.78, 5) is 11.7. The van der Waals surface area contributed by atoms with Gasteiger partial charge >= 0.3 is 0 Å². The van der Waals surface area contributed by atoms with Crippen molar-refractivity contribution in [2.24, 2.45) is 0 Å². The van der Waals surface area contributed by atoms with E-state index in [1.165, 1.54) is 18.2 Å². The molecule has 1 heterocycles. The summed E-state index contributed by atoms with van der Waals surface area (Å²) in [6.45, 7) is 1.05. The van der Waals surface area contributed by atoms with Crippen molar-refractivity contribution < 1.29 is 13.9 Å². The van der Waals surface area contributed by atoms with E-state index in [0.717, 1.165) is 0 Å². The molecule has 1 aromatic carbocycles. The van der Waals surface area contributed by atoms with Crippen molar-refractivity contribution in [1.82, 2.24) is 5.32 Å². The molecule has 1 aliphatic heterocycles. The number of amides is 1. The Kier molecular flexibility index (Phi) is 3.02. The molecule has 3 nitrogen and oxygen atoms in total. The summed E-state index contributed by atoms with van der Waals surface area (Å²) in [5.41, 5.74) is 0.307. The van der Waals surface area contributed by atoms with Crippen LogP contribution in [0.3, 0.4) is 0 Å². The molecule has 1 amide bonds. The second kappa shape index (κ2) is 4.28. The van der Waals surface area contributed by atoms with E-state index in [-0.39, 0.29) is 11.9 Å². The maximum atomic E-state index is 12.9. The summed E-state index contributed by atoms with van der Waals surface area (Å²) in [6.07, 6.45) is 0. The topological polar surface area (TPSA) is 38.3 Å². The van der Waals surface area contributed by atoms with Crippen molar-refractivity contribution in [3.05, 3.63) is 34.1 Å². The van der Waals surface area contributed by atoms with Gasteiger partial charge in [0.2, 0.25) is 0 Å². The maximum Gasteiger partial charge on any atom is 0.252 e. The van der Waals surface area contributed by atoms with E-state index in [2.05, 4.69) is 21.2 Å². The SMILES string of the molecule is O=C(NC1COC1)c1cc(F)ccc1Br. The monoisotopic (exact) mass is 273 g/mol. The van der Waals surface area contributed by atoms with Crippen LogP contribution >= 0.6 is 15.9 Å². The predicted octanol–water partition coefficient (Wildman–Crippen LogP) is 1.72. The molecule has 1 saturated heterocycles. The largest absolute Gasteiger partial charge is 0.377 e. The number of ether oxygens (including phenoxy) is 1. The molecular weight excluding hydrogens is 265 g/mol. The molecule has 1 aliphatic rings. The smallest absolute Gasteiger partial charge is 0.252 e. The lowest BCUT2D eigenvalue weighted by Gasteiger charge is -2.26. The van der Waals surface area contributed by atoms with Crippen LogP contribution in [0.5, 0.6) is 0 Å². The Morgan fingerprint density at radius 2 is 2.27 bits per heavy atom. The third-order valence-electron chi connectivity index (χ3n) is 2.15. The van der Waals surface area contributed by atoms with Gasteiger partial charge in [-0.3, -0.25) is 4.79 Å². The lowest BCUT2D eigenvalue weighted by Crippen LogP contribution is -2.48.